The Morgan fingerprint density at radius 3 is 1.83 bits per heavy atom. The third kappa shape index (κ3) is 7.40. The monoisotopic (exact) mass is 802 g/mol. The fourth-order valence-corrected chi connectivity index (χ4v) is 8.41. The summed E-state index contributed by atoms with van der Waals surface area (Å²) in [4.78, 5) is 53.3. The highest BCUT2D eigenvalue weighted by molar-refractivity contribution is 6.15. The van der Waals surface area contributed by atoms with E-state index in [1.54, 1.807) is 24.1 Å². The zero-order valence-electron chi connectivity index (χ0n) is 34.1. The molecule has 304 valence electrons. The predicted octanol–water partition coefficient (Wildman–Crippen LogP) is 9.12. The van der Waals surface area contributed by atoms with Gasteiger partial charge in [0.25, 0.3) is 11.8 Å². The maximum Gasteiger partial charge on any atom is 0.261 e. The van der Waals surface area contributed by atoms with Crippen LogP contribution in [0.5, 0.6) is 23.0 Å². The minimum Gasteiger partial charge on any atom is -0.494 e. The smallest absolute Gasteiger partial charge is 0.261 e. The molecule has 0 radical (unpaired) electrons. The molecule has 11 nitrogen and oxygen atoms in total. The molecule has 0 aromatic heterocycles. The van der Waals surface area contributed by atoms with Crippen molar-refractivity contribution in [3.8, 4) is 23.0 Å². The number of aryl methyl sites for hydroxylation is 1. The Morgan fingerprint density at radius 2 is 1.25 bits per heavy atom. The van der Waals surface area contributed by atoms with Gasteiger partial charge >= 0.3 is 0 Å². The number of para-hydroxylation sites is 2. The molecule has 0 fully saturated rings. The number of carbonyl (C=O) groups excluding carboxylic acids is 3. The van der Waals surface area contributed by atoms with Crippen LogP contribution in [0.4, 0.5) is 22.7 Å². The molecular formula is C49H46N4O7. The molecule has 4 heterocycles. The average Bonchev–Trinajstić information content (AvgIpc) is 3.75. The van der Waals surface area contributed by atoms with Crippen LogP contribution in [0.25, 0.3) is 0 Å². The van der Waals surface area contributed by atoms with E-state index < -0.39 is 0 Å². The number of fused-ring (bicyclic) bond motifs is 8. The summed E-state index contributed by atoms with van der Waals surface area (Å²) in [7, 11) is 1.55. The van der Waals surface area contributed by atoms with Crippen LogP contribution < -0.4 is 28.7 Å². The molecule has 4 aliphatic rings. The van der Waals surface area contributed by atoms with Crippen LogP contribution in [-0.2, 0) is 30.8 Å². The summed E-state index contributed by atoms with van der Waals surface area (Å²) < 4.78 is 24.8. The standard InChI is InChI=1S/C49H46N4O7/c1-29(2)44(54)14-9-15-58-37-18-31(27-59-45-23-40-38(16-30(45)3)48(55)52-35(25-50-40)20-33-10-5-7-12-42(33)52)17-32(19-37)28-60-47-24-41-39(22-46(47)57-4)49(56)53-36(26-51-41)21-34-11-6-8-13-43(34)53/h5-8,10-13,16-19,22-26,29,35-36H,9,14-15,20-21,27-28H2,1-4H3/t35-,36-/m0/s1. The third-order valence-electron chi connectivity index (χ3n) is 11.6. The average molecular weight is 803 g/mol. The molecule has 5 aromatic rings. The lowest BCUT2D eigenvalue weighted by molar-refractivity contribution is -0.122. The maximum absolute atomic E-state index is 13.9. The van der Waals surface area contributed by atoms with Crippen molar-refractivity contribution in [2.24, 2.45) is 15.9 Å². The fourth-order valence-electron chi connectivity index (χ4n) is 8.41. The van der Waals surface area contributed by atoms with Gasteiger partial charge in [-0.2, -0.15) is 0 Å². The van der Waals surface area contributed by atoms with Gasteiger partial charge < -0.3 is 18.9 Å². The molecule has 11 heteroatoms. The zero-order chi connectivity index (χ0) is 41.5. The summed E-state index contributed by atoms with van der Waals surface area (Å²) in [5.74, 6) is 2.06. The third-order valence-corrected chi connectivity index (χ3v) is 11.6. The number of aliphatic imine (C=N–C) groups is 2. The number of anilines is 2. The van der Waals surface area contributed by atoms with E-state index in [-0.39, 0.29) is 48.8 Å². The molecule has 5 aromatic carbocycles. The van der Waals surface area contributed by atoms with Gasteiger partial charge in [0.05, 0.1) is 48.3 Å². The lowest BCUT2D eigenvalue weighted by atomic mass is 10.1. The van der Waals surface area contributed by atoms with E-state index in [1.165, 1.54) is 0 Å². The molecule has 0 saturated carbocycles. The van der Waals surface area contributed by atoms with Crippen molar-refractivity contribution in [2.75, 3.05) is 23.5 Å². The highest BCUT2D eigenvalue weighted by Crippen LogP contribution is 2.42. The van der Waals surface area contributed by atoms with E-state index in [4.69, 9.17) is 28.9 Å². The first kappa shape index (κ1) is 38.8. The van der Waals surface area contributed by atoms with Gasteiger partial charge in [0.2, 0.25) is 0 Å². The number of ether oxygens (including phenoxy) is 4. The van der Waals surface area contributed by atoms with Gasteiger partial charge in [-0.3, -0.25) is 34.2 Å². The van der Waals surface area contributed by atoms with Gasteiger partial charge in [-0.15, -0.1) is 0 Å². The normalized spacial score (nSPS) is 16.9. The minimum absolute atomic E-state index is 0.0223. The number of Topliss-reactive ketones (excluding diaryl/α,β-unsaturated/α-hetero) is 1. The summed E-state index contributed by atoms with van der Waals surface area (Å²) in [5, 5.41) is 0. The summed E-state index contributed by atoms with van der Waals surface area (Å²) in [6, 6.07) is 28.6. The molecule has 0 unspecified atom stereocenters. The molecular weight excluding hydrogens is 757 g/mol. The quantitative estimate of drug-likeness (QED) is 0.109. The predicted molar refractivity (Wildman–Crippen MR) is 232 cm³/mol. The van der Waals surface area contributed by atoms with Gasteiger partial charge in [0, 0.05) is 61.1 Å². The molecule has 60 heavy (non-hydrogen) atoms. The van der Waals surface area contributed by atoms with Crippen molar-refractivity contribution in [3.63, 3.8) is 0 Å². The second-order valence-electron chi connectivity index (χ2n) is 16.0. The van der Waals surface area contributed by atoms with Crippen LogP contribution in [0.1, 0.15) is 75.2 Å². The largest absolute Gasteiger partial charge is 0.494 e. The Balaban J connectivity index is 0.948. The van der Waals surface area contributed by atoms with Crippen LogP contribution in [0.15, 0.2) is 101 Å². The topological polar surface area (TPSA) is 119 Å². The fraction of sp³-hybridized carbons (Fsp3) is 0.286. The highest BCUT2D eigenvalue weighted by atomic mass is 16.5. The first-order valence-electron chi connectivity index (χ1n) is 20.5. The zero-order valence-corrected chi connectivity index (χ0v) is 34.1. The molecule has 0 N–H and O–H groups in total. The molecule has 2 amide bonds. The molecule has 9 rings (SSSR count). The van der Waals surface area contributed by atoms with Crippen LogP contribution in [0.3, 0.4) is 0 Å². The van der Waals surface area contributed by atoms with Crippen molar-refractivity contribution >= 4 is 52.8 Å². The molecule has 2 atom stereocenters. The van der Waals surface area contributed by atoms with Crippen LogP contribution in [-0.4, -0.2) is 55.8 Å². The van der Waals surface area contributed by atoms with Gasteiger partial charge in [-0.1, -0.05) is 50.2 Å². The minimum atomic E-state index is -0.176. The Hall–Kier alpha value is -6.75. The highest BCUT2D eigenvalue weighted by Gasteiger charge is 2.38. The number of benzene rings is 5. The van der Waals surface area contributed by atoms with Gasteiger partial charge in [-0.05, 0) is 83.6 Å². The number of ketones is 1. The number of carbonyl (C=O) groups is 3. The second kappa shape index (κ2) is 16.1. The van der Waals surface area contributed by atoms with Crippen molar-refractivity contribution in [1.29, 1.82) is 0 Å². The first-order chi connectivity index (χ1) is 29.1. The Kier molecular flexibility index (Phi) is 10.4. The number of methoxy groups -OCH3 is 1. The summed E-state index contributed by atoms with van der Waals surface area (Å²) in [5.41, 5.74) is 8.59. The van der Waals surface area contributed by atoms with Crippen LogP contribution in [0.2, 0.25) is 0 Å². The second-order valence-corrected chi connectivity index (χ2v) is 16.0. The number of rotatable bonds is 13. The van der Waals surface area contributed by atoms with E-state index in [9.17, 15) is 14.4 Å². The molecule has 4 aliphatic heterocycles. The van der Waals surface area contributed by atoms with Gasteiger partial charge in [0.15, 0.2) is 11.5 Å². The SMILES string of the molecule is COc1cc2c(cc1OCc1cc(COc3cc4c(cc3C)C(=O)N3c5ccccc5C[C@H]3C=N4)cc(OCCCC(=O)C(C)C)c1)N=C[C@@H]1Cc3ccccc3N1C2=O. The van der Waals surface area contributed by atoms with Crippen LogP contribution >= 0.6 is 0 Å². The van der Waals surface area contributed by atoms with Crippen molar-refractivity contribution in [1.82, 2.24) is 0 Å². The molecule has 0 bridgehead atoms. The Bertz CT molecular complexity index is 2600. The molecule has 0 spiro atoms. The lowest BCUT2D eigenvalue weighted by Crippen LogP contribution is -2.37. The lowest BCUT2D eigenvalue weighted by Gasteiger charge is -2.22. The van der Waals surface area contributed by atoms with E-state index in [0.29, 0.717) is 71.4 Å². The number of hydrogen-bond acceptors (Lipinski definition) is 9. The summed E-state index contributed by atoms with van der Waals surface area (Å²) >= 11 is 0. The number of nitrogens with zero attached hydrogens (tertiary/aromatic N) is 4. The number of hydrogen-bond donors (Lipinski definition) is 0. The van der Waals surface area contributed by atoms with Gasteiger partial charge in [0.1, 0.15) is 30.5 Å². The van der Waals surface area contributed by atoms with Crippen molar-refractivity contribution < 1.29 is 33.3 Å². The van der Waals surface area contributed by atoms with Gasteiger partial charge in [-0.25, -0.2) is 0 Å². The molecule has 0 saturated heterocycles. The number of amides is 2. The maximum atomic E-state index is 13.9. The van der Waals surface area contributed by atoms with Crippen molar-refractivity contribution in [2.45, 2.75) is 71.8 Å². The first-order valence-corrected chi connectivity index (χ1v) is 20.5. The Labute approximate surface area is 349 Å². The van der Waals surface area contributed by atoms with E-state index in [1.807, 2.05) is 111 Å². The van der Waals surface area contributed by atoms with Crippen LogP contribution in [0, 0.1) is 12.8 Å². The Morgan fingerprint density at radius 1 is 0.700 bits per heavy atom. The van der Waals surface area contributed by atoms with E-state index >= 15 is 0 Å². The van der Waals surface area contributed by atoms with E-state index in [0.717, 1.165) is 45.6 Å². The van der Waals surface area contributed by atoms with E-state index in [2.05, 4.69) is 6.07 Å². The molecule has 0 aliphatic carbocycles. The summed E-state index contributed by atoms with van der Waals surface area (Å²) in [6.45, 7) is 6.47. The summed E-state index contributed by atoms with van der Waals surface area (Å²) in [6.07, 6.45) is 6.15. The van der Waals surface area contributed by atoms with Crippen molar-refractivity contribution in [3.05, 3.63) is 130 Å².